The molecule has 0 spiro atoms. The molecule has 194 valence electrons. The van der Waals surface area contributed by atoms with Crippen LogP contribution in [-0.2, 0) is 36.8 Å². The normalized spacial score (nSPS) is 14.1. The fraction of sp³-hybridized carbons (Fsp3) is 0.391. The minimum atomic E-state index is -1.29. The number of nitrogens with one attached hydrogen (secondary N) is 4. The number of benzene rings is 1. The van der Waals surface area contributed by atoms with Crippen molar-refractivity contribution in [1.29, 1.82) is 0 Å². The molecule has 1 heterocycles. The lowest BCUT2D eigenvalue weighted by molar-refractivity contribution is -0.142. The lowest BCUT2D eigenvalue weighted by Crippen LogP contribution is -2.57. The van der Waals surface area contributed by atoms with E-state index in [1.807, 2.05) is 0 Å². The Balaban J connectivity index is 2.18. The molecular weight excluding hydrogens is 470 g/mol. The van der Waals surface area contributed by atoms with Crippen LogP contribution in [0.25, 0.3) is 0 Å². The molecular formula is C23H31N7O6. The van der Waals surface area contributed by atoms with Crippen LogP contribution in [0.1, 0.15) is 31.0 Å². The summed E-state index contributed by atoms with van der Waals surface area (Å²) in [4.78, 5) is 68.1. The number of amides is 4. The first-order valence-corrected chi connectivity index (χ1v) is 11.3. The molecule has 0 saturated carbocycles. The first kappa shape index (κ1) is 28.0. The van der Waals surface area contributed by atoms with Gasteiger partial charge in [-0.25, -0.2) is 9.78 Å². The molecule has 0 bridgehead atoms. The zero-order chi connectivity index (χ0) is 26.7. The quantitative estimate of drug-likeness (QED) is 0.158. The molecule has 0 aliphatic heterocycles. The number of rotatable bonds is 14. The number of aromatic nitrogens is 2. The van der Waals surface area contributed by atoms with Crippen LogP contribution >= 0.6 is 0 Å². The fourth-order valence-corrected chi connectivity index (χ4v) is 3.28. The van der Waals surface area contributed by atoms with E-state index in [9.17, 15) is 29.1 Å². The van der Waals surface area contributed by atoms with Crippen molar-refractivity contribution in [3.63, 3.8) is 0 Å². The molecule has 0 radical (unpaired) electrons. The van der Waals surface area contributed by atoms with Crippen LogP contribution in [0, 0.1) is 0 Å². The monoisotopic (exact) mass is 501 g/mol. The van der Waals surface area contributed by atoms with E-state index in [4.69, 9.17) is 11.5 Å². The number of carbonyl (C=O) groups is 5. The van der Waals surface area contributed by atoms with Crippen molar-refractivity contribution in [2.75, 3.05) is 0 Å². The number of carboxylic acids is 1. The largest absolute Gasteiger partial charge is 0.480 e. The molecule has 0 aliphatic carbocycles. The zero-order valence-electron chi connectivity index (χ0n) is 19.8. The second-order valence-electron chi connectivity index (χ2n) is 8.29. The number of aliphatic carboxylic acids is 1. The summed E-state index contributed by atoms with van der Waals surface area (Å²) in [6.45, 7) is 1.45. The van der Waals surface area contributed by atoms with Gasteiger partial charge in [0, 0.05) is 31.2 Å². The molecule has 4 atom stereocenters. The van der Waals surface area contributed by atoms with Gasteiger partial charge in [-0.05, 0) is 18.9 Å². The topological polar surface area (TPSA) is 222 Å². The van der Waals surface area contributed by atoms with E-state index in [2.05, 4.69) is 25.9 Å². The number of H-pyrrole nitrogens is 1. The van der Waals surface area contributed by atoms with Gasteiger partial charge in [-0.3, -0.25) is 19.2 Å². The Bertz CT molecular complexity index is 1040. The summed E-state index contributed by atoms with van der Waals surface area (Å²) in [5.41, 5.74) is 12.0. The van der Waals surface area contributed by atoms with E-state index in [1.165, 1.54) is 19.4 Å². The van der Waals surface area contributed by atoms with Gasteiger partial charge in [-0.15, -0.1) is 0 Å². The summed E-state index contributed by atoms with van der Waals surface area (Å²) < 4.78 is 0. The molecule has 0 saturated heterocycles. The van der Waals surface area contributed by atoms with E-state index < -0.39 is 53.8 Å². The van der Waals surface area contributed by atoms with Crippen molar-refractivity contribution >= 4 is 29.6 Å². The minimum Gasteiger partial charge on any atom is -0.480 e. The highest BCUT2D eigenvalue weighted by Gasteiger charge is 2.30. The number of carboxylic acid groups (broad SMARTS) is 1. The molecule has 2 aromatic rings. The Morgan fingerprint density at radius 1 is 0.944 bits per heavy atom. The maximum atomic E-state index is 13.1. The maximum Gasteiger partial charge on any atom is 0.326 e. The summed E-state index contributed by atoms with van der Waals surface area (Å²) in [5, 5.41) is 17.0. The molecule has 1 aromatic heterocycles. The molecule has 4 amide bonds. The van der Waals surface area contributed by atoms with Gasteiger partial charge < -0.3 is 37.5 Å². The van der Waals surface area contributed by atoms with E-state index in [0.717, 1.165) is 0 Å². The molecule has 13 nitrogen and oxygen atoms in total. The molecule has 2 rings (SSSR count). The van der Waals surface area contributed by atoms with Gasteiger partial charge in [0.25, 0.3) is 0 Å². The second-order valence-corrected chi connectivity index (χ2v) is 8.29. The number of nitrogens with zero attached hydrogens (tertiary/aromatic N) is 1. The number of hydrogen-bond acceptors (Lipinski definition) is 7. The highest BCUT2D eigenvalue weighted by atomic mass is 16.4. The Labute approximate surface area is 207 Å². The number of primary amides is 1. The van der Waals surface area contributed by atoms with E-state index in [1.54, 1.807) is 30.3 Å². The maximum absolute atomic E-state index is 13.1. The zero-order valence-corrected chi connectivity index (χ0v) is 19.8. The summed E-state index contributed by atoms with van der Waals surface area (Å²) >= 11 is 0. The molecule has 36 heavy (non-hydrogen) atoms. The van der Waals surface area contributed by atoms with Crippen LogP contribution in [0.3, 0.4) is 0 Å². The van der Waals surface area contributed by atoms with Gasteiger partial charge >= 0.3 is 5.97 Å². The number of aromatic amines is 1. The van der Waals surface area contributed by atoms with Crippen molar-refractivity contribution < 1.29 is 29.1 Å². The van der Waals surface area contributed by atoms with Gasteiger partial charge in [-0.2, -0.15) is 0 Å². The number of carbonyl (C=O) groups excluding carboxylic acids is 4. The van der Waals surface area contributed by atoms with E-state index in [-0.39, 0.29) is 25.7 Å². The van der Waals surface area contributed by atoms with E-state index >= 15 is 0 Å². The van der Waals surface area contributed by atoms with Gasteiger partial charge in [0.15, 0.2) is 0 Å². The third-order valence-electron chi connectivity index (χ3n) is 5.24. The molecule has 0 fully saturated rings. The minimum absolute atomic E-state index is 0.00525. The van der Waals surface area contributed by atoms with Crippen molar-refractivity contribution in [3.8, 4) is 0 Å². The average molecular weight is 502 g/mol. The summed E-state index contributed by atoms with van der Waals surface area (Å²) in [6.07, 6.45) is 2.47. The van der Waals surface area contributed by atoms with Gasteiger partial charge in [0.1, 0.15) is 18.1 Å². The fourth-order valence-electron chi connectivity index (χ4n) is 3.28. The van der Waals surface area contributed by atoms with Crippen LogP contribution in [-0.4, -0.2) is 68.8 Å². The van der Waals surface area contributed by atoms with Crippen LogP contribution in [0.2, 0.25) is 0 Å². The molecule has 4 unspecified atom stereocenters. The molecule has 9 N–H and O–H groups in total. The Morgan fingerprint density at radius 3 is 2.11 bits per heavy atom. The molecule has 1 aromatic carbocycles. The lowest BCUT2D eigenvalue weighted by atomic mass is 10.0. The number of hydrogen-bond donors (Lipinski definition) is 7. The summed E-state index contributed by atoms with van der Waals surface area (Å²) in [6, 6.07) is 4.08. The standard InChI is InChI=1S/C23H31N7O6/c1-13(24)20(32)29-17(10-15-11-26-12-27-15)22(34)28-16(7-8-19(25)31)21(33)30-18(23(35)36)9-14-5-3-2-4-6-14/h2-6,11-13,16-18H,7-10,24H2,1H3,(H2,25,31)(H,26,27)(H,28,34)(H,29,32)(H,30,33)(H,35,36). The Hall–Kier alpha value is -4.26. The van der Waals surface area contributed by atoms with Gasteiger partial charge in [0.05, 0.1) is 12.4 Å². The van der Waals surface area contributed by atoms with Crippen molar-refractivity contribution in [1.82, 2.24) is 25.9 Å². The third-order valence-corrected chi connectivity index (χ3v) is 5.24. The van der Waals surface area contributed by atoms with Crippen molar-refractivity contribution in [3.05, 3.63) is 54.1 Å². The highest BCUT2D eigenvalue weighted by molar-refractivity contribution is 5.94. The lowest BCUT2D eigenvalue weighted by Gasteiger charge is -2.24. The summed E-state index contributed by atoms with van der Waals surface area (Å²) in [5.74, 6) is -4.12. The van der Waals surface area contributed by atoms with Gasteiger partial charge in [-0.1, -0.05) is 30.3 Å². The van der Waals surface area contributed by atoms with Crippen LogP contribution in [0.5, 0.6) is 0 Å². The van der Waals surface area contributed by atoms with E-state index in [0.29, 0.717) is 11.3 Å². The average Bonchev–Trinajstić information content (AvgIpc) is 3.34. The van der Waals surface area contributed by atoms with Crippen LogP contribution in [0.15, 0.2) is 42.9 Å². The Kier molecular flexibility index (Phi) is 10.6. The van der Waals surface area contributed by atoms with Crippen molar-refractivity contribution in [2.24, 2.45) is 11.5 Å². The predicted octanol–water partition coefficient (Wildman–Crippen LogP) is -1.65. The van der Waals surface area contributed by atoms with Crippen molar-refractivity contribution in [2.45, 2.75) is 56.8 Å². The predicted molar refractivity (Wildman–Crippen MR) is 128 cm³/mol. The number of imidazole rings is 1. The van der Waals surface area contributed by atoms with Gasteiger partial charge in [0.2, 0.25) is 23.6 Å². The first-order valence-electron chi connectivity index (χ1n) is 11.3. The summed E-state index contributed by atoms with van der Waals surface area (Å²) in [7, 11) is 0. The van der Waals surface area contributed by atoms with Crippen LogP contribution < -0.4 is 27.4 Å². The van der Waals surface area contributed by atoms with Crippen LogP contribution in [0.4, 0.5) is 0 Å². The number of nitrogens with two attached hydrogens (primary N) is 2. The third kappa shape index (κ3) is 9.18. The Morgan fingerprint density at radius 2 is 1.56 bits per heavy atom. The SMILES string of the molecule is CC(N)C(=O)NC(Cc1cnc[nH]1)C(=O)NC(CCC(N)=O)C(=O)NC(Cc1ccccc1)C(=O)O. The molecule has 13 heteroatoms. The highest BCUT2D eigenvalue weighted by Crippen LogP contribution is 2.07. The smallest absolute Gasteiger partial charge is 0.326 e. The second kappa shape index (κ2) is 13.6. The first-order chi connectivity index (χ1) is 17.1. The molecule has 0 aliphatic rings.